The molecule has 21 heavy (non-hydrogen) atoms. The van der Waals surface area contributed by atoms with Gasteiger partial charge in [0.05, 0.1) is 39.2 Å². The Bertz CT molecular complexity index is 810. The number of benzene rings is 1. The van der Waals surface area contributed by atoms with Crippen molar-refractivity contribution >= 4 is 51.7 Å². The molecule has 0 radical (unpaired) electrons. The summed E-state index contributed by atoms with van der Waals surface area (Å²) in [6.45, 7) is 4.04. The molecule has 0 aliphatic heterocycles. The molecule has 2 heterocycles. The fraction of sp³-hybridized carbons (Fsp3) is 0.308. The lowest BCUT2D eigenvalue weighted by molar-refractivity contribution is 0.756. The van der Waals surface area contributed by atoms with Gasteiger partial charge in [0.1, 0.15) is 11.0 Å². The first-order chi connectivity index (χ1) is 9.97. The lowest BCUT2D eigenvalue weighted by atomic mass is 10.1. The van der Waals surface area contributed by atoms with Crippen LogP contribution in [0.15, 0.2) is 12.3 Å². The molecule has 8 heteroatoms. The normalized spacial score (nSPS) is 12.8. The van der Waals surface area contributed by atoms with E-state index in [0.29, 0.717) is 21.1 Å². The lowest BCUT2D eigenvalue weighted by Gasteiger charge is -2.16. The Labute approximate surface area is 136 Å². The number of anilines is 1. The Kier molecular flexibility index (Phi) is 3.77. The zero-order valence-electron chi connectivity index (χ0n) is 11.7. The van der Waals surface area contributed by atoms with Gasteiger partial charge < -0.3 is 5.32 Å². The standard InChI is InChI=1S/C13H13Cl2N5S/c1-6(8-5-20(3)17-7(8)2)16-11-9(14)4-10(15)12-13(11)19-21-18-12/h4-6,16H,1-3H3. The van der Waals surface area contributed by atoms with Crippen LogP contribution in [0.5, 0.6) is 0 Å². The molecule has 0 aliphatic rings. The average molecular weight is 342 g/mol. The highest BCUT2D eigenvalue weighted by molar-refractivity contribution is 7.00. The van der Waals surface area contributed by atoms with Crippen LogP contribution in [-0.4, -0.2) is 18.5 Å². The van der Waals surface area contributed by atoms with Gasteiger partial charge in [-0.25, -0.2) is 0 Å². The van der Waals surface area contributed by atoms with Gasteiger partial charge in [-0.2, -0.15) is 13.8 Å². The highest BCUT2D eigenvalue weighted by atomic mass is 35.5. The van der Waals surface area contributed by atoms with Crippen LogP contribution < -0.4 is 5.32 Å². The number of fused-ring (bicyclic) bond motifs is 1. The van der Waals surface area contributed by atoms with Crippen molar-refractivity contribution in [1.82, 2.24) is 18.5 Å². The van der Waals surface area contributed by atoms with Crippen molar-refractivity contribution in [3.63, 3.8) is 0 Å². The van der Waals surface area contributed by atoms with E-state index in [1.54, 1.807) is 10.7 Å². The molecule has 110 valence electrons. The quantitative estimate of drug-likeness (QED) is 0.775. The zero-order chi connectivity index (χ0) is 15.1. The Balaban J connectivity index is 2.02. The average Bonchev–Trinajstić information content (AvgIpc) is 3.01. The van der Waals surface area contributed by atoms with Crippen molar-refractivity contribution in [2.45, 2.75) is 19.9 Å². The van der Waals surface area contributed by atoms with Crippen molar-refractivity contribution in [2.24, 2.45) is 7.05 Å². The van der Waals surface area contributed by atoms with Gasteiger partial charge in [-0.3, -0.25) is 4.68 Å². The minimum Gasteiger partial charge on any atom is -0.375 e. The molecule has 0 amide bonds. The lowest BCUT2D eigenvalue weighted by Crippen LogP contribution is -2.08. The summed E-state index contributed by atoms with van der Waals surface area (Å²) in [7, 11) is 1.90. The van der Waals surface area contributed by atoms with Gasteiger partial charge in [-0.05, 0) is 19.9 Å². The van der Waals surface area contributed by atoms with Crippen LogP contribution in [0, 0.1) is 6.92 Å². The van der Waals surface area contributed by atoms with Crippen LogP contribution in [0.1, 0.15) is 24.2 Å². The van der Waals surface area contributed by atoms with Crippen LogP contribution in [0.4, 0.5) is 5.69 Å². The molecule has 0 spiro atoms. The summed E-state index contributed by atoms with van der Waals surface area (Å²) < 4.78 is 10.3. The van der Waals surface area contributed by atoms with Gasteiger partial charge in [-0.15, -0.1) is 0 Å². The number of aryl methyl sites for hydroxylation is 2. The van der Waals surface area contributed by atoms with Crippen LogP contribution >= 0.6 is 34.9 Å². The van der Waals surface area contributed by atoms with E-state index < -0.39 is 0 Å². The first-order valence-electron chi connectivity index (χ1n) is 6.34. The van der Waals surface area contributed by atoms with E-state index in [0.717, 1.165) is 28.7 Å². The fourth-order valence-electron chi connectivity index (χ4n) is 2.35. The van der Waals surface area contributed by atoms with Gasteiger partial charge >= 0.3 is 0 Å². The maximum absolute atomic E-state index is 6.31. The summed E-state index contributed by atoms with van der Waals surface area (Å²) in [4.78, 5) is 0. The highest BCUT2D eigenvalue weighted by Gasteiger charge is 2.18. The molecular weight excluding hydrogens is 329 g/mol. The third-order valence-corrected chi connectivity index (χ3v) is 4.44. The molecule has 5 nitrogen and oxygen atoms in total. The van der Waals surface area contributed by atoms with Crippen molar-refractivity contribution in [1.29, 1.82) is 0 Å². The predicted octanol–water partition coefficient (Wildman–Crippen LogP) is 4.21. The van der Waals surface area contributed by atoms with Gasteiger partial charge in [0.25, 0.3) is 0 Å². The smallest absolute Gasteiger partial charge is 0.130 e. The molecule has 3 rings (SSSR count). The van der Waals surface area contributed by atoms with Gasteiger partial charge in [0.15, 0.2) is 0 Å². The van der Waals surface area contributed by atoms with Gasteiger partial charge in [-0.1, -0.05) is 23.2 Å². The van der Waals surface area contributed by atoms with Crippen molar-refractivity contribution in [3.8, 4) is 0 Å². The molecule has 1 N–H and O–H groups in total. The number of hydrogen-bond donors (Lipinski definition) is 1. The topological polar surface area (TPSA) is 55.6 Å². The number of nitrogens with zero attached hydrogens (tertiary/aromatic N) is 4. The second-order valence-electron chi connectivity index (χ2n) is 4.89. The van der Waals surface area contributed by atoms with E-state index >= 15 is 0 Å². The minimum atomic E-state index is 0.0438. The predicted molar refractivity (Wildman–Crippen MR) is 87.4 cm³/mol. The maximum Gasteiger partial charge on any atom is 0.130 e. The summed E-state index contributed by atoms with van der Waals surface area (Å²) in [6, 6.07) is 1.74. The monoisotopic (exact) mass is 341 g/mol. The van der Waals surface area contributed by atoms with E-state index in [1.807, 2.05) is 20.2 Å². The van der Waals surface area contributed by atoms with E-state index in [-0.39, 0.29) is 6.04 Å². The first-order valence-corrected chi connectivity index (χ1v) is 7.83. The molecule has 0 saturated heterocycles. The molecule has 1 atom stereocenters. The molecular formula is C13H13Cl2N5S. The largest absolute Gasteiger partial charge is 0.375 e. The van der Waals surface area contributed by atoms with Crippen molar-refractivity contribution in [2.75, 3.05) is 5.32 Å². The molecule has 2 aromatic heterocycles. The van der Waals surface area contributed by atoms with E-state index in [1.165, 1.54) is 0 Å². The van der Waals surface area contributed by atoms with E-state index in [4.69, 9.17) is 23.2 Å². The Morgan fingerprint density at radius 2 is 1.95 bits per heavy atom. The summed E-state index contributed by atoms with van der Waals surface area (Å²) in [5.41, 5.74) is 4.21. The van der Waals surface area contributed by atoms with Crippen LogP contribution in [0.25, 0.3) is 11.0 Å². The SMILES string of the molecule is Cc1nn(C)cc1C(C)Nc1c(Cl)cc(Cl)c2nsnc12. The molecule has 0 aliphatic carbocycles. The number of rotatable bonds is 3. The molecule has 3 aromatic rings. The van der Waals surface area contributed by atoms with Gasteiger partial charge in [0.2, 0.25) is 0 Å². The fourth-order valence-corrected chi connectivity index (χ4v) is 3.52. The number of halogens is 2. The summed E-state index contributed by atoms with van der Waals surface area (Å²) >= 11 is 13.6. The molecule has 1 aromatic carbocycles. The van der Waals surface area contributed by atoms with Crippen LogP contribution in [0.3, 0.4) is 0 Å². The summed E-state index contributed by atoms with van der Waals surface area (Å²) in [5.74, 6) is 0. The Morgan fingerprint density at radius 1 is 1.24 bits per heavy atom. The highest BCUT2D eigenvalue weighted by Crippen LogP contribution is 2.37. The molecule has 0 bridgehead atoms. The van der Waals surface area contributed by atoms with Crippen LogP contribution in [-0.2, 0) is 7.05 Å². The molecule has 0 saturated carbocycles. The van der Waals surface area contributed by atoms with Crippen molar-refractivity contribution < 1.29 is 0 Å². The number of aromatic nitrogens is 4. The third kappa shape index (κ3) is 2.59. The van der Waals surface area contributed by atoms with E-state index in [2.05, 4.69) is 26.1 Å². The summed E-state index contributed by atoms with van der Waals surface area (Å²) in [6.07, 6.45) is 1.99. The minimum absolute atomic E-state index is 0.0438. The Morgan fingerprint density at radius 3 is 2.62 bits per heavy atom. The number of hydrogen-bond acceptors (Lipinski definition) is 5. The van der Waals surface area contributed by atoms with Crippen LogP contribution in [0.2, 0.25) is 10.0 Å². The first kappa shape index (κ1) is 14.6. The van der Waals surface area contributed by atoms with Gasteiger partial charge in [0, 0.05) is 18.8 Å². The zero-order valence-corrected chi connectivity index (χ0v) is 14.0. The maximum atomic E-state index is 6.31. The molecule has 0 fully saturated rings. The van der Waals surface area contributed by atoms with Crippen molar-refractivity contribution in [3.05, 3.63) is 33.6 Å². The summed E-state index contributed by atoms with van der Waals surface area (Å²) in [5, 5.41) is 8.81. The Hall–Kier alpha value is -1.37. The number of nitrogens with one attached hydrogen (secondary N) is 1. The third-order valence-electron chi connectivity index (χ3n) is 3.32. The molecule has 1 unspecified atom stereocenters. The second-order valence-corrected chi connectivity index (χ2v) is 6.23. The second kappa shape index (κ2) is 5.44. The van der Waals surface area contributed by atoms with E-state index in [9.17, 15) is 0 Å².